The second-order valence-electron chi connectivity index (χ2n) is 11.6. The van der Waals surface area contributed by atoms with Crippen molar-refractivity contribution in [2.45, 2.75) is 161 Å². The summed E-state index contributed by atoms with van der Waals surface area (Å²) in [5.41, 5.74) is 0. The molecule has 0 fully saturated rings. The van der Waals surface area contributed by atoms with Gasteiger partial charge in [-0.25, -0.2) is 9.36 Å². The van der Waals surface area contributed by atoms with Crippen molar-refractivity contribution in [3.05, 3.63) is 36.5 Å². The van der Waals surface area contributed by atoms with Crippen LogP contribution in [0.25, 0.3) is 0 Å². The lowest BCUT2D eigenvalue weighted by Gasteiger charge is -2.18. The molecule has 2 N–H and O–H groups in total. The summed E-state index contributed by atoms with van der Waals surface area (Å²) in [7, 11) is -4.76. The van der Waals surface area contributed by atoms with E-state index in [-0.39, 0.29) is 13.0 Å². The summed E-state index contributed by atoms with van der Waals surface area (Å²) >= 11 is 0. The number of esters is 2. The SMILES string of the molecule is CCCC/C=C/CCCCCCCC(=O)O[C@H](COC(=O)/C=C/C=C/CCCCCCCCCCCCC)COP(=O)(O)O. The van der Waals surface area contributed by atoms with Crippen molar-refractivity contribution in [1.82, 2.24) is 0 Å². The van der Waals surface area contributed by atoms with Gasteiger partial charge >= 0.3 is 19.8 Å². The van der Waals surface area contributed by atoms with Gasteiger partial charge in [-0.2, -0.15) is 0 Å². The topological polar surface area (TPSA) is 119 Å². The number of carbonyl (C=O) groups excluding carboxylic acids is 2. The maximum Gasteiger partial charge on any atom is 0.469 e. The Labute approximate surface area is 268 Å². The van der Waals surface area contributed by atoms with Crippen LogP contribution in [0.3, 0.4) is 0 Å². The smallest absolute Gasteiger partial charge is 0.458 e. The summed E-state index contributed by atoms with van der Waals surface area (Å²) in [6.07, 6.45) is 35.0. The quantitative estimate of drug-likeness (QED) is 0.0191. The van der Waals surface area contributed by atoms with Gasteiger partial charge in [0.25, 0.3) is 0 Å². The van der Waals surface area contributed by atoms with Crippen LogP contribution in [-0.2, 0) is 28.2 Å². The second-order valence-corrected chi connectivity index (χ2v) is 12.8. The third-order valence-corrected chi connectivity index (χ3v) is 7.72. The average Bonchev–Trinajstić information content (AvgIpc) is 2.98. The maximum atomic E-state index is 12.3. The fourth-order valence-electron chi connectivity index (χ4n) is 4.62. The lowest BCUT2D eigenvalue weighted by atomic mass is 10.1. The molecule has 0 aliphatic heterocycles. The van der Waals surface area contributed by atoms with Gasteiger partial charge in [0, 0.05) is 12.5 Å². The van der Waals surface area contributed by atoms with Crippen LogP contribution in [-0.4, -0.2) is 41.0 Å². The molecule has 0 heterocycles. The van der Waals surface area contributed by atoms with Crippen LogP contribution in [0.5, 0.6) is 0 Å². The number of phosphoric acid groups is 1. The van der Waals surface area contributed by atoms with Crippen LogP contribution < -0.4 is 0 Å². The zero-order valence-electron chi connectivity index (χ0n) is 27.8. The van der Waals surface area contributed by atoms with Crippen molar-refractivity contribution in [2.24, 2.45) is 0 Å². The minimum atomic E-state index is -4.76. The van der Waals surface area contributed by atoms with E-state index in [1.807, 2.05) is 6.08 Å². The molecule has 8 nitrogen and oxygen atoms in total. The van der Waals surface area contributed by atoms with E-state index in [9.17, 15) is 14.2 Å². The Kier molecular flexibility index (Phi) is 30.0. The lowest BCUT2D eigenvalue weighted by Crippen LogP contribution is -2.29. The Morgan fingerprint density at radius 3 is 1.70 bits per heavy atom. The van der Waals surface area contributed by atoms with E-state index in [2.05, 4.69) is 30.5 Å². The number of phosphoric ester groups is 1. The molecule has 0 aliphatic rings. The summed E-state index contributed by atoms with van der Waals surface area (Å²) in [4.78, 5) is 42.4. The summed E-state index contributed by atoms with van der Waals surface area (Å²) in [5, 5.41) is 0. The van der Waals surface area contributed by atoms with Crippen molar-refractivity contribution < 1.29 is 37.9 Å². The molecule has 0 aliphatic carbocycles. The number of unbranched alkanes of at least 4 members (excludes halogenated alkanes) is 18. The first kappa shape index (κ1) is 42.3. The van der Waals surface area contributed by atoms with Gasteiger partial charge in [-0.05, 0) is 38.5 Å². The molecule has 0 rings (SSSR count). The molecular weight excluding hydrogens is 579 g/mol. The molecule has 0 aromatic carbocycles. The van der Waals surface area contributed by atoms with E-state index >= 15 is 0 Å². The first-order chi connectivity index (χ1) is 21.3. The Bertz CT molecular complexity index is 818. The number of allylic oxidation sites excluding steroid dienone is 5. The monoisotopic (exact) mass is 642 g/mol. The summed E-state index contributed by atoms with van der Waals surface area (Å²) in [6, 6.07) is 0. The highest BCUT2D eigenvalue weighted by Crippen LogP contribution is 2.35. The van der Waals surface area contributed by atoms with Gasteiger partial charge in [-0.1, -0.05) is 141 Å². The van der Waals surface area contributed by atoms with Crippen LogP contribution in [0.15, 0.2) is 36.5 Å². The molecule has 0 unspecified atom stereocenters. The highest BCUT2D eigenvalue weighted by Gasteiger charge is 2.22. The Morgan fingerprint density at radius 2 is 1.14 bits per heavy atom. The predicted octanol–water partition coefficient (Wildman–Crippen LogP) is 9.84. The van der Waals surface area contributed by atoms with E-state index in [1.54, 1.807) is 12.2 Å². The third kappa shape index (κ3) is 33.2. The number of rotatable bonds is 31. The Hall–Kier alpha value is -1.73. The fourth-order valence-corrected chi connectivity index (χ4v) is 4.98. The first-order valence-corrected chi connectivity index (χ1v) is 18.9. The van der Waals surface area contributed by atoms with Crippen molar-refractivity contribution in [2.75, 3.05) is 13.2 Å². The van der Waals surface area contributed by atoms with Gasteiger partial charge in [0.15, 0.2) is 6.10 Å². The molecule has 9 heteroatoms. The molecule has 0 aromatic heterocycles. The molecule has 0 spiro atoms. The summed E-state index contributed by atoms with van der Waals surface area (Å²) in [5.74, 6) is -1.15. The Balaban J connectivity index is 4.12. The number of hydrogen-bond donors (Lipinski definition) is 2. The van der Waals surface area contributed by atoms with Gasteiger partial charge < -0.3 is 19.3 Å². The molecular formula is C35H63O8P. The van der Waals surface area contributed by atoms with Gasteiger partial charge in [-0.3, -0.25) is 9.32 Å². The highest BCUT2D eigenvalue weighted by molar-refractivity contribution is 7.46. The molecule has 0 amide bonds. The van der Waals surface area contributed by atoms with Crippen LogP contribution in [0.2, 0.25) is 0 Å². The van der Waals surface area contributed by atoms with Crippen LogP contribution in [0.1, 0.15) is 155 Å². The molecule has 0 saturated heterocycles. The van der Waals surface area contributed by atoms with E-state index in [1.165, 1.54) is 83.1 Å². The number of ether oxygens (including phenoxy) is 2. The van der Waals surface area contributed by atoms with Crippen molar-refractivity contribution in [3.63, 3.8) is 0 Å². The van der Waals surface area contributed by atoms with Gasteiger partial charge in [0.05, 0.1) is 6.61 Å². The van der Waals surface area contributed by atoms with Gasteiger partial charge in [0.1, 0.15) is 6.61 Å². The molecule has 0 radical (unpaired) electrons. The molecule has 44 heavy (non-hydrogen) atoms. The first-order valence-electron chi connectivity index (χ1n) is 17.3. The number of carbonyl (C=O) groups is 2. The number of hydrogen-bond acceptors (Lipinski definition) is 6. The van der Waals surface area contributed by atoms with Gasteiger partial charge in [0.2, 0.25) is 0 Å². The molecule has 0 saturated carbocycles. The summed E-state index contributed by atoms with van der Waals surface area (Å²) < 4.78 is 26.0. The van der Waals surface area contributed by atoms with Crippen LogP contribution >= 0.6 is 7.82 Å². The molecule has 0 bridgehead atoms. The van der Waals surface area contributed by atoms with E-state index in [0.29, 0.717) is 6.42 Å². The third-order valence-electron chi connectivity index (χ3n) is 7.23. The zero-order chi connectivity index (χ0) is 32.6. The molecule has 0 aromatic rings. The largest absolute Gasteiger partial charge is 0.469 e. The van der Waals surface area contributed by atoms with Crippen molar-refractivity contribution in [1.29, 1.82) is 0 Å². The predicted molar refractivity (Wildman–Crippen MR) is 179 cm³/mol. The zero-order valence-corrected chi connectivity index (χ0v) is 28.7. The van der Waals surface area contributed by atoms with Crippen molar-refractivity contribution in [3.8, 4) is 0 Å². The minimum Gasteiger partial charge on any atom is -0.458 e. The highest BCUT2D eigenvalue weighted by atomic mass is 31.2. The van der Waals surface area contributed by atoms with E-state index < -0.39 is 32.5 Å². The molecule has 256 valence electrons. The Morgan fingerprint density at radius 1 is 0.636 bits per heavy atom. The lowest BCUT2D eigenvalue weighted by molar-refractivity contribution is -0.159. The average molecular weight is 643 g/mol. The minimum absolute atomic E-state index is 0.182. The fraction of sp³-hybridized carbons (Fsp3) is 0.771. The molecule has 1 atom stereocenters. The summed E-state index contributed by atoms with van der Waals surface area (Å²) in [6.45, 7) is 3.50. The van der Waals surface area contributed by atoms with Crippen LogP contribution in [0, 0.1) is 0 Å². The van der Waals surface area contributed by atoms with Gasteiger partial charge in [-0.15, -0.1) is 0 Å². The van der Waals surface area contributed by atoms with Crippen LogP contribution in [0.4, 0.5) is 0 Å². The van der Waals surface area contributed by atoms with Crippen molar-refractivity contribution >= 4 is 19.8 Å². The normalized spacial score (nSPS) is 12.9. The van der Waals surface area contributed by atoms with E-state index in [0.717, 1.165) is 51.4 Å². The van der Waals surface area contributed by atoms with E-state index in [4.69, 9.17) is 19.3 Å². The standard InChI is InChI=1S/C35H63O8P/c1-3-5-7-9-11-13-15-16-17-18-20-21-23-25-27-29-34(36)41-31-33(32-42-44(38,39)40)43-35(37)30-28-26-24-22-19-14-12-10-8-6-4-2/h10,12,23,25,27,29,33H,3-9,11,13-22,24,26,28,30-32H2,1-2H3,(H2,38,39,40)/b12-10+,25-23+,29-27+/t33-/m1/s1. The second kappa shape index (κ2) is 31.3. The maximum absolute atomic E-state index is 12.3.